The Kier molecular flexibility index (Phi) is 3.71. The Morgan fingerprint density at radius 2 is 1.05 bits per heavy atom. The first-order valence-electron chi connectivity index (χ1n) is 5.92. The zero-order chi connectivity index (χ0) is 15.2. The second kappa shape index (κ2) is 5.03. The van der Waals surface area contributed by atoms with Gasteiger partial charge in [0.05, 0.1) is 0 Å². The predicted octanol–water partition coefficient (Wildman–Crippen LogP) is 4.11. The summed E-state index contributed by atoms with van der Waals surface area (Å²) in [6, 6.07) is 0. The van der Waals surface area contributed by atoms with Gasteiger partial charge in [-0.3, -0.25) is 0 Å². The minimum absolute atomic E-state index is 0.319. The zero-order valence-corrected chi connectivity index (χ0v) is 13.2. The third-order valence-corrected chi connectivity index (χ3v) is 5.67. The van der Waals surface area contributed by atoms with E-state index in [1.807, 2.05) is 13.8 Å². The molecule has 0 unspecified atom stereocenters. The lowest BCUT2D eigenvalue weighted by Gasteiger charge is -2.05. The highest BCUT2D eigenvalue weighted by atomic mass is 32.1. The van der Waals surface area contributed by atoms with Crippen molar-refractivity contribution < 1.29 is 19.8 Å². The highest BCUT2D eigenvalue weighted by Crippen LogP contribution is 2.42. The van der Waals surface area contributed by atoms with E-state index in [1.54, 1.807) is 13.8 Å². The lowest BCUT2D eigenvalue weighted by molar-refractivity contribution is 0.0690. The van der Waals surface area contributed by atoms with E-state index < -0.39 is 11.9 Å². The molecule has 0 aliphatic carbocycles. The Morgan fingerprint density at radius 1 is 0.750 bits per heavy atom. The van der Waals surface area contributed by atoms with Gasteiger partial charge in [0.2, 0.25) is 0 Å². The molecular weight excluding hydrogens is 296 g/mol. The van der Waals surface area contributed by atoms with Crippen molar-refractivity contribution in [2.24, 2.45) is 0 Å². The van der Waals surface area contributed by atoms with E-state index >= 15 is 0 Å². The molecule has 2 heterocycles. The fourth-order valence-corrected chi connectivity index (χ4v) is 4.46. The number of aryl methyl sites for hydroxylation is 2. The molecule has 4 nitrogen and oxygen atoms in total. The van der Waals surface area contributed by atoms with E-state index in [0.29, 0.717) is 20.9 Å². The van der Waals surface area contributed by atoms with Crippen molar-refractivity contribution >= 4 is 34.6 Å². The van der Waals surface area contributed by atoms with Crippen molar-refractivity contribution in [3.8, 4) is 11.1 Å². The lowest BCUT2D eigenvalue weighted by atomic mass is 9.97. The van der Waals surface area contributed by atoms with E-state index in [1.165, 1.54) is 22.7 Å². The highest BCUT2D eigenvalue weighted by molar-refractivity contribution is 7.15. The number of aromatic carboxylic acids is 2. The number of rotatable bonds is 3. The van der Waals surface area contributed by atoms with Gasteiger partial charge in [0.1, 0.15) is 9.75 Å². The lowest BCUT2D eigenvalue weighted by Crippen LogP contribution is -1.96. The zero-order valence-electron chi connectivity index (χ0n) is 11.5. The van der Waals surface area contributed by atoms with Crippen molar-refractivity contribution in [3.05, 3.63) is 30.6 Å². The molecule has 0 fully saturated rings. The molecule has 0 aliphatic rings. The molecular formula is C14H14O4S2. The SMILES string of the molecule is Cc1sc(C(=O)O)c(C)c1-c1c(C)sc(C(=O)O)c1C. The van der Waals surface area contributed by atoms with Crippen molar-refractivity contribution in [1.82, 2.24) is 0 Å². The summed E-state index contributed by atoms with van der Waals surface area (Å²) in [5.74, 6) is -1.88. The van der Waals surface area contributed by atoms with Gasteiger partial charge in [-0.05, 0) is 38.8 Å². The van der Waals surface area contributed by atoms with Crippen molar-refractivity contribution in [2.75, 3.05) is 0 Å². The van der Waals surface area contributed by atoms with Crippen LogP contribution in [0.15, 0.2) is 0 Å². The van der Waals surface area contributed by atoms with E-state index in [-0.39, 0.29) is 0 Å². The summed E-state index contributed by atoms with van der Waals surface area (Å²) in [6.45, 7) is 7.30. The molecule has 2 N–H and O–H groups in total. The first-order valence-corrected chi connectivity index (χ1v) is 7.55. The monoisotopic (exact) mass is 310 g/mol. The third-order valence-electron chi connectivity index (χ3n) is 3.28. The average Bonchev–Trinajstić information content (AvgIpc) is 2.78. The van der Waals surface area contributed by atoms with Crippen LogP contribution in [0.4, 0.5) is 0 Å². The van der Waals surface area contributed by atoms with Gasteiger partial charge < -0.3 is 10.2 Å². The molecule has 106 valence electrons. The minimum atomic E-state index is -0.939. The molecule has 0 saturated heterocycles. The van der Waals surface area contributed by atoms with Crippen LogP contribution in [0.2, 0.25) is 0 Å². The van der Waals surface area contributed by atoms with Crippen molar-refractivity contribution in [1.29, 1.82) is 0 Å². The topological polar surface area (TPSA) is 74.6 Å². The molecule has 20 heavy (non-hydrogen) atoms. The van der Waals surface area contributed by atoms with Crippen molar-refractivity contribution in [3.63, 3.8) is 0 Å². The van der Waals surface area contributed by atoms with Crippen LogP contribution < -0.4 is 0 Å². The predicted molar refractivity (Wildman–Crippen MR) is 80.5 cm³/mol. The van der Waals surface area contributed by atoms with E-state index in [4.69, 9.17) is 0 Å². The smallest absolute Gasteiger partial charge is 0.346 e. The fourth-order valence-electron chi connectivity index (χ4n) is 2.45. The van der Waals surface area contributed by atoms with Gasteiger partial charge in [0.25, 0.3) is 0 Å². The molecule has 0 saturated carbocycles. The first kappa shape index (κ1) is 14.7. The van der Waals surface area contributed by atoms with Crippen LogP contribution in [0.1, 0.15) is 40.2 Å². The molecule has 2 aromatic rings. The second-order valence-corrected chi connectivity index (χ2v) is 7.03. The van der Waals surface area contributed by atoms with Crippen LogP contribution in [0.25, 0.3) is 11.1 Å². The molecule has 0 bridgehead atoms. The number of hydrogen-bond donors (Lipinski definition) is 2. The maximum absolute atomic E-state index is 11.2. The second-order valence-electron chi connectivity index (χ2n) is 4.59. The van der Waals surface area contributed by atoms with Crippen LogP contribution in [-0.2, 0) is 0 Å². The van der Waals surface area contributed by atoms with Gasteiger partial charge in [-0.1, -0.05) is 0 Å². The van der Waals surface area contributed by atoms with E-state index in [2.05, 4.69) is 0 Å². The van der Waals surface area contributed by atoms with Gasteiger partial charge in [0, 0.05) is 20.9 Å². The van der Waals surface area contributed by atoms with Gasteiger partial charge in [-0.25, -0.2) is 9.59 Å². The van der Waals surface area contributed by atoms with Gasteiger partial charge in [-0.2, -0.15) is 0 Å². The molecule has 0 aromatic carbocycles. The fraction of sp³-hybridized carbons (Fsp3) is 0.286. The Bertz CT molecular complexity index is 660. The van der Waals surface area contributed by atoms with Crippen LogP contribution in [0, 0.1) is 27.7 Å². The normalized spacial score (nSPS) is 10.8. The molecule has 0 atom stereocenters. The quantitative estimate of drug-likeness (QED) is 0.894. The number of carboxylic acid groups (broad SMARTS) is 2. The van der Waals surface area contributed by atoms with Crippen LogP contribution in [0.3, 0.4) is 0 Å². The van der Waals surface area contributed by atoms with E-state index in [9.17, 15) is 19.8 Å². The number of hydrogen-bond acceptors (Lipinski definition) is 4. The minimum Gasteiger partial charge on any atom is -0.477 e. The van der Waals surface area contributed by atoms with E-state index in [0.717, 1.165) is 20.9 Å². The van der Waals surface area contributed by atoms with Gasteiger partial charge >= 0.3 is 11.9 Å². The Balaban J connectivity index is 2.76. The molecule has 0 spiro atoms. The standard InChI is InChI=1S/C14H14O4S2/c1-5-9(7(3)19-11(5)13(15)16)10-6(2)12(14(17)18)20-8(10)4/h1-4H3,(H,15,16)(H,17,18). The first-order chi connectivity index (χ1) is 9.25. The highest BCUT2D eigenvalue weighted by Gasteiger charge is 2.24. The Hall–Kier alpha value is -1.66. The Morgan fingerprint density at radius 3 is 1.25 bits per heavy atom. The molecule has 2 rings (SSSR count). The van der Waals surface area contributed by atoms with Crippen LogP contribution in [0.5, 0.6) is 0 Å². The van der Waals surface area contributed by atoms with Crippen molar-refractivity contribution in [2.45, 2.75) is 27.7 Å². The molecule has 2 aromatic heterocycles. The number of carbonyl (C=O) groups is 2. The van der Waals surface area contributed by atoms with Crippen LogP contribution >= 0.6 is 22.7 Å². The maximum atomic E-state index is 11.2. The average molecular weight is 310 g/mol. The molecule has 0 radical (unpaired) electrons. The van der Waals surface area contributed by atoms with Gasteiger partial charge in [-0.15, -0.1) is 22.7 Å². The summed E-state index contributed by atoms with van der Waals surface area (Å²) in [5, 5.41) is 18.4. The maximum Gasteiger partial charge on any atom is 0.346 e. The largest absolute Gasteiger partial charge is 0.477 e. The summed E-state index contributed by atoms with van der Waals surface area (Å²) in [6.07, 6.45) is 0. The summed E-state index contributed by atoms with van der Waals surface area (Å²) in [7, 11) is 0. The summed E-state index contributed by atoms with van der Waals surface area (Å²) in [4.78, 5) is 24.9. The number of thiophene rings is 2. The Labute approximate surface area is 124 Å². The molecule has 6 heteroatoms. The summed E-state index contributed by atoms with van der Waals surface area (Å²) < 4.78 is 0. The molecule has 0 aliphatic heterocycles. The van der Waals surface area contributed by atoms with Gasteiger partial charge in [0.15, 0.2) is 0 Å². The third kappa shape index (κ3) is 2.14. The summed E-state index contributed by atoms with van der Waals surface area (Å²) >= 11 is 2.47. The number of carboxylic acids is 2. The molecule has 0 amide bonds. The van der Waals surface area contributed by atoms with Crippen LogP contribution in [-0.4, -0.2) is 22.2 Å². The summed E-state index contributed by atoms with van der Waals surface area (Å²) in [5.41, 5.74) is 3.15.